The molecule has 0 amide bonds. The molecule has 2 aromatic rings. The summed E-state index contributed by atoms with van der Waals surface area (Å²) in [6.45, 7) is 6.68. The quantitative estimate of drug-likeness (QED) is 0.923. The molecule has 5 heteroatoms. The fourth-order valence-corrected chi connectivity index (χ4v) is 2.78. The highest BCUT2D eigenvalue weighted by Crippen LogP contribution is 2.27. The smallest absolute Gasteiger partial charge is 0.128 e. The highest BCUT2D eigenvalue weighted by atomic mass is 79.9. The van der Waals surface area contributed by atoms with Crippen LogP contribution >= 0.6 is 15.9 Å². The Hall–Kier alpha value is -1.20. The number of hydrogen-bond acceptors (Lipinski definition) is 2. The van der Waals surface area contributed by atoms with E-state index in [4.69, 9.17) is 5.73 Å². The van der Waals surface area contributed by atoms with Gasteiger partial charge in [0, 0.05) is 24.6 Å². The minimum Gasteiger partial charge on any atom is -0.324 e. The van der Waals surface area contributed by atoms with Gasteiger partial charge in [-0.3, -0.25) is 4.68 Å². The number of aromatic nitrogens is 2. The van der Waals surface area contributed by atoms with E-state index in [1.165, 1.54) is 6.07 Å². The molecule has 20 heavy (non-hydrogen) atoms. The molecular formula is C15H19BrFN3. The van der Waals surface area contributed by atoms with Gasteiger partial charge in [0.05, 0.1) is 15.9 Å². The number of halogens is 2. The zero-order chi connectivity index (χ0) is 14.9. The lowest BCUT2D eigenvalue weighted by atomic mass is 10.00. The van der Waals surface area contributed by atoms with Crippen molar-refractivity contribution in [3.63, 3.8) is 0 Å². The minimum atomic E-state index is -0.382. The largest absolute Gasteiger partial charge is 0.324 e. The summed E-state index contributed by atoms with van der Waals surface area (Å²) in [4.78, 5) is 0. The Morgan fingerprint density at radius 3 is 2.75 bits per heavy atom. The summed E-state index contributed by atoms with van der Waals surface area (Å²) >= 11 is 3.54. The molecule has 1 aromatic carbocycles. The molecule has 0 aliphatic heterocycles. The van der Waals surface area contributed by atoms with Gasteiger partial charge >= 0.3 is 0 Å². The third kappa shape index (κ3) is 2.94. The zero-order valence-corrected chi connectivity index (χ0v) is 13.5. The van der Waals surface area contributed by atoms with Crippen molar-refractivity contribution in [2.75, 3.05) is 0 Å². The van der Waals surface area contributed by atoms with Crippen LogP contribution < -0.4 is 5.73 Å². The van der Waals surface area contributed by atoms with Crippen LogP contribution in [0.3, 0.4) is 0 Å². The summed E-state index contributed by atoms with van der Waals surface area (Å²) in [6.07, 6.45) is 0.551. The van der Waals surface area contributed by atoms with Gasteiger partial charge in [0.25, 0.3) is 0 Å². The first-order chi connectivity index (χ1) is 9.43. The molecule has 0 aliphatic rings. The molecule has 1 atom stereocenters. The van der Waals surface area contributed by atoms with Crippen LogP contribution in [0.1, 0.15) is 35.5 Å². The SMILES string of the molecule is CCn1nc(C)c(Br)c1CC(N)c1cc(C)ccc1F. The Labute approximate surface area is 127 Å². The number of benzene rings is 1. The Kier molecular flexibility index (Phi) is 4.60. The maximum atomic E-state index is 13.9. The Bertz CT molecular complexity index is 622. The van der Waals surface area contributed by atoms with Crippen LogP contribution in [-0.4, -0.2) is 9.78 Å². The van der Waals surface area contributed by atoms with E-state index < -0.39 is 0 Å². The van der Waals surface area contributed by atoms with Gasteiger partial charge < -0.3 is 5.73 Å². The fraction of sp³-hybridized carbons (Fsp3) is 0.400. The van der Waals surface area contributed by atoms with E-state index >= 15 is 0 Å². The average Bonchev–Trinajstić information content (AvgIpc) is 2.69. The summed E-state index contributed by atoms with van der Waals surface area (Å²) in [6, 6.07) is 4.66. The zero-order valence-electron chi connectivity index (χ0n) is 12.0. The maximum absolute atomic E-state index is 13.9. The van der Waals surface area contributed by atoms with Crippen LogP contribution in [0.5, 0.6) is 0 Å². The van der Waals surface area contributed by atoms with Crippen molar-refractivity contribution in [2.24, 2.45) is 5.73 Å². The molecule has 1 heterocycles. The lowest BCUT2D eigenvalue weighted by Crippen LogP contribution is -2.18. The summed E-state index contributed by atoms with van der Waals surface area (Å²) in [5.41, 5.74) is 9.70. The van der Waals surface area contributed by atoms with Crippen LogP contribution in [-0.2, 0) is 13.0 Å². The van der Waals surface area contributed by atoms with Crippen LogP contribution in [0, 0.1) is 19.7 Å². The van der Waals surface area contributed by atoms with Crippen LogP contribution in [0.2, 0.25) is 0 Å². The molecule has 0 bridgehead atoms. The van der Waals surface area contributed by atoms with Gasteiger partial charge in [-0.15, -0.1) is 0 Å². The van der Waals surface area contributed by atoms with Crippen molar-refractivity contribution in [3.8, 4) is 0 Å². The van der Waals surface area contributed by atoms with E-state index in [0.717, 1.165) is 28.0 Å². The first-order valence-electron chi connectivity index (χ1n) is 6.67. The number of nitrogens with zero attached hydrogens (tertiary/aromatic N) is 2. The Morgan fingerprint density at radius 2 is 2.10 bits per heavy atom. The molecule has 0 radical (unpaired) electrons. The summed E-state index contributed by atoms with van der Waals surface area (Å²) < 4.78 is 16.8. The second-order valence-corrected chi connectivity index (χ2v) is 5.79. The van der Waals surface area contributed by atoms with E-state index in [1.807, 2.05) is 31.5 Å². The van der Waals surface area contributed by atoms with E-state index in [2.05, 4.69) is 21.0 Å². The molecule has 1 aromatic heterocycles. The van der Waals surface area contributed by atoms with E-state index in [1.54, 1.807) is 6.07 Å². The lowest BCUT2D eigenvalue weighted by Gasteiger charge is -2.15. The van der Waals surface area contributed by atoms with Crippen molar-refractivity contribution in [1.82, 2.24) is 9.78 Å². The summed E-state index contributed by atoms with van der Waals surface area (Å²) in [7, 11) is 0. The third-order valence-corrected chi connectivity index (χ3v) is 4.45. The topological polar surface area (TPSA) is 43.8 Å². The third-order valence-electron chi connectivity index (χ3n) is 3.42. The van der Waals surface area contributed by atoms with Gasteiger partial charge in [-0.25, -0.2) is 4.39 Å². The monoisotopic (exact) mass is 339 g/mol. The molecule has 2 rings (SSSR count). The van der Waals surface area contributed by atoms with Gasteiger partial charge in [-0.2, -0.15) is 5.10 Å². The number of aryl methyl sites for hydroxylation is 3. The van der Waals surface area contributed by atoms with Crippen molar-refractivity contribution in [3.05, 3.63) is 51.0 Å². The first kappa shape index (κ1) is 15.2. The van der Waals surface area contributed by atoms with Gasteiger partial charge in [-0.05, 0) is 42.8 Å². The number of rotatable bonds is 4. The van der Waals surface area contributed by atoms with Crippen molar-refractivity contribution in [2.45, 2.75) is 39.8 Å². The van der Waals surface area contributed by atoms with Crippen LogP contribution in [0.15, 0.2) is 22.7 Å². The van der Waals surface area contributed by atoms with Crippen molar-refractivity contribution in [1.29, 1.82) is 0 Å². The molecule has 2 N–H and O–H groups in total. The lowest BCUT2D eigenvalue weighted by molar-refractivity contribution is 0.554. The van der Waals surface area contributed by atoms with Crippen molar-refractivity contribution >= 4 is 15.9 Å². The average molecular weight is 340 g/mol. The molecular weight excluding hydrogens is 321 g/mol. The van der Waals surface area contributed by atoms with Gasteiger partial charge in [-0.1, -0.05) is 17.7 Å². The number of hydrogen-bond donors (Lipinski definition) is 1. The second-order valence-electron chi connectivity index (χ2n) is 5.00. The molecule has 0 saturated heterocycles. The molecule has 0 fully saturated rings. The summed E-state index contributed by atoms with van der Waals surface area (Å²) in [5, 5.41) is 4.44. The minimum absolute atomic E-state index is 0.251. The van der Waals surface area contributed by atoms with Gasteiger partial charge in [0.1, 0.15) is 5.82 Å². The maximum Gasteiger partial charge on any atom is 0.128 e. The van der Waals surface area contributed by atoms with E-state index in [9.17, 15) is 4.39 Å². The predicted octanol–water partition coefficient (Wildman–Crippen LogP) is 3.66. The van der Waals surface area contributed by atoms with Gasteiger partial charge in [0.15, 0.2) is 0 Å². The standard InChI is InChI=1S/C15H19BrFN3/c1-4-20-14(15(16)10(3)19-20)8-13(18)11-7-9(2)5-6-12(11)17/h5-7,13H,4,8,18H2,1-3H3. The first-order valence-corrected chi connectivity index (χ1v) is 7.46. The normalized spacial score (nSPS) is 12.7. The molecule has 3 nitrogen and oxygen atoms in total. The Morgan fingerprint density at radius 1 is 1.40 bits per heavy atom. The van der Waals surface area contributed by atoms with E-state index in [0.29, 0.717) is 12.0 Å². The highest BCUT2D eigenvalue weighted by Gasteiger charge is 2.18. The Balaban J connectivity index is 2.32. The van der Waals surface area contributed by atoms with Gasteiger partial charge in [0.2, 0.25) is 0 Å². The predicted molar refractivity (Wildman–Crippen MR) is 82.1 cm³/mol. The summed E-state index contributed by atoms with van der Waals surface area (Å²) in [5.74, 6) is -0.251. The molecule has 108 valence electrons. The highest BCUT2D eigenvalue weighted by molar-refractivity contribution is 9.10. The molecule has 1 unspecified atom stereocenters. The number of nitrogens with two attached hydrogens (primary N) is 1. The molecule has 0 saturated carbocycles. The van der Waals surface area contributed by atoms with Crippen LogP contribution in [0.25, 0.3) is 0 Å². The fourth-order valence-electron chi connectivity index (χ4n) is 2.33. The molecule has 0 spiro atoms. The second kappa shape index (κ2) is 6.06. The molecule has 0 aliphatic carbocycles. The van der Waals surface area contributed by atoms with Crippen LogP contribution in [0.4, 0.5) is 4.39 Å². The van der Waals surface area contributed by atoms with E-state index in [-0.39, 0.29) is 11.9 Å². The van der Waals surface area contributed by atoms with Crippen molar-refractivity contribution < 1.29 is 4.39 Å².